The molecule has 1 aromatic rings. The number of nitrogens with one attached hydrogen (secondary N) is 1. The van der Waals surface area contributed by atoms with E-state index in [0.717, 1.165) is 18.3 Å². The van der Waals surface area contributed by atoms with Crippen LogP contribution in [0.1, 0.15) is 17.3 Å². The Morgan fingerprint density at radius 3 is 2.14 bits per heavy atom. The number of carbonyl (C=O) groups is 2. The van der Waals surface area contributed by atoms with Gasteiger partial charge in [0.1, 0.15) is 17.2 Å². The van der Waals surface area contributed by atoms with Gasteiger partial charge in [-0.25, -0.2) is 13.6 Å². The highest BCUT2D eigenvalue weighted by Crippen LogP contribution is 2.30. The van der Waals surface area contributed by atoms with Crippen LogP contribution in [0.25, 0.3) is 0 Å². The molecule has 0 spiro atoms. The molecule has 10 heteroatoms. The lowest BCUT2D eigenvalue weighted by Crippen LogP contribution is -2.64. The summed E-state index contributed by atoms with van der Waals surface area (Å²) in [7, 11) is 0. The van der Waals surface area contributed by atoms with Crippen LogP contribution in [0.15, 0.2) is 18.2 Å². The number of carbonyl (C=O) groups excluding carboxylic acids is 2. The maximum Gasteiger partial charge on any atom is 0.448 e. The molecule has 1 atom stereocenters. The Hall–Kier alpha value is -2.23. The van der Waals surface area contributed by atoms with E-state index in [4.69, 9.17) is 0 Å². The molecule has 1 amide bonds. The van der Waals surface area contributed by atoms with Crippen LogP contribution in [0.5, 0.6) is 0 Å². The number of hydrogen-bond donors (Lipinski definition) is 2. The van der Waals surface area contributed by atoms with E-state index in [2.05, 4.69) is 4.74 Å². The predicted molar refractivity (Wildman–Crippen MR) is 61.5 cm³/mol. The lowest BCUT2D eigenvalue weighted by molar-refractivity contribution is -0.269. The van der Waals surface area contributed by atoms with E-state index in [1.807, 2.05) is 0 Å². The van der Waals surface area contributed by atoms with Crippen molar-refractivity contribution in [3.63, 3.8) is 0 Å². The van der Waals surface area contributed by atoms with Crippen LogP contribution >= 0.6 is 0 Å². The molecule has 0 radical (unpaired) electrons. The van der Waals surface area contributed by atoms with Gasteiger partial charge < -0.3 is 15.2 Å². The molecule has 122 valence electrons. The summed E-state index contributed by atoms with van der Waals surface area (Å²) in [6, 6.07) is 2.12. The van der Waals surface area contributed by atoms with Crippen LogP contribution in [0.2, 0.25) is 0 Å². The monoisotopic (exact) mass is 327 g/mol. The maximum atomic E-state index is 13.3. The second-order valence-corrected chi connectivity index (χ2v) is 3.98. The number of amides is 1. The third-order valence-electron chi connectivity index (χ3n) is 2.47. The Bertz CT molecular complexity index is 569. The lowest BCUT2D eigenvalue weighted by atomic mass is 10.1. The molecule has 0 aliphatic carbocycles. The zero-order chi connectivity index (χ0) is 17.1. The number of rotatable bonds is 4. The van der Waals surface area contributed by atoms with Crippen LogP contribution in [-0.2, 0) is 9.53 Å². The number of halogens is 5. The van der Waals surface area contributed by atoms with E-state index >= 15 is 0 Å². The maximum absolute atomic E-state index is 13.3. The zero-order valence-corrected chi connectivity index (χ0v) is 11.0. The highest BCUT2D eigenvalue weighted by molar-refractivity contribution is 5.98. The Balaban J connectivity index is 3.21. The van der Waals surface area contributed by atoms with Crippen molar-refractivity contribution in [1.29, 1.82) is 0 Å². The molecular formula is C12H10F5NO4. The quantitative estimate of drug-likeness (QED) is 0.499. The van der Waals surface area contributed by atoms with Gasteiger partial charge in [-0.15, -0.1) is 0 Å². The summed E-state index contributed by atoms with van der Waals surface area (Å²) in [5.41, 5.74) is -5.82. The van der Waals surface area contributed by atoms with Crippen LogP contribution < -0.4 is 5.32 Å². The Kier molecular flexibility index (Phi) is 5.07. The smallest absolute Gasteiger partial charge is 0.448 e. The third-order valence-corrected chi connectivity index (χ3v) is 2.47. The van der Waals surface area contributed by atoms with Crippen molar-refractivity contribution >= 4 is 11.9 Å². The standard InChI is InChI=1S/C12H10F5NO4/c1-2-22-10(20)11(21,12(15,16)17)18-9(19)8-6(13)4-3-5-7(8)14/h3-5,21H,2H2,1H3,(H,18,19). The van der Waals surface area contributed by atoms with Gasteiger partial charge in [-0.1, -0.05) is 6.07 Å². The molecule has 1 aromatic carbocycles. The SMILES string of the molecule is CCOC(=O)C(O)(NC(=O)c1c(F)cccc1F)C(F)(F)F. The van der Waals surface area contributed by atoms with E-state index in [9.17, 15) is 36.6 Å². The minimum Gasteiger partial charge on any atom is -0.462 e. The van der Waals surface area contributed by atoms with Gasteiger partial charge in [-0.05, 0) is 19.1 Å². The number of alkyl halides is 3. The number of benzene rings is 1. The summed E-state index contributed by atoms with van der Waals surface area (Å²) in [5.74, 6) is -7.13. The van der Waals surface area contributed by atoms with Crippen molar-refractivity contribution in [3.8, 4) is 0 Å². The molecule has 0 aromatic heterocycles. The molecule has 0 bridgehead atoms. The average molecular weight is 327 g/mol. The van der Waals surface area contributed by atoms with Gasteiger partial charge in [0.25, 0.3) is 5.91 Å². The first-order valence-electron chi connectivity index (χ1n) is 5.77. The Morgan fingerprint density at radius 1 is 1.23 bits per heavy atom. The summed E-state index contributed by atoms with van der Waals surface area (Å²) in [5, 5.41) is 10.2. The second kappa shape index (κ2) is 6.26. The highest BCUT2D eigenvalue weighted by atomic mass is 19.4. The van der Waals surface area contributed by atoms with E-state index < -0.39 is 47.6 Å². The molecule has 0 aliphatic rings. The fourth-order valence-corrected chi connectivity index (χ4v) is 1.41. The molecule has 1 rings (SSSR count). The fraction of sp³-hybridized carbons (Fsp3) is 0.333. The molecule has 1 unspecified atom stereocenters. The average Bonchev–Trinajstić information content (AvgIpc) is 2.37. The first-order valence-corrected chi connectivity index (χ1v) is 5.77. The van der Waals surface area contributed by atoms with Gasteiger partial charge in [0.05, 0.1) is 6.61 Å². The first-order chi connectivity index (χ1) is 10.0. The van der Waals surface area contributed by atoms with Crippen molar-refractivity contribution in [2.75, 3.05) is 6.61 Å². The van der Waals surface area contributed by atoms with Gasteiger partial charge in [-0.2, -0.15) is 13.2 Å². The molecule has 2 N–H and O–H groups in total. The molecule has 0 saturated carbocycles. The molecule has 0 aliphatic heterocycles. The summed E-state index contributed by atoms with van der Waals surface area (Å²) < 4.78 is 69.1. The minimum absolute atomic E-state index is 0.527. The summed E-state index contributed by atoms with van der Waals surface area (Å²) in [6.45, 7) is 0.633. The number of hydrogen-bond acceptors (Lipinski definition) is 4. The fourth-order valence-electron chi connectivity index (χ4n) is 1.41. The number of esters is 1. The van der Waals surface area contributed by atoms with E-state index in [1.165, 1.54) is 0 Å². The summed E-state index contributed by atoms with van der Waals surface area (Å²) in [4.78, 5) is 22.9. The van der Waals surface area contributed by atoms with Crippen molar-refractivity contribution in [1.82, 2.24) is 5.32 Å². The van der Waals surface area contributed by atoms with E-state index in [0.29, 0.717) is 12.1 Å². The topological polar surface area (TPSA) is 75.6 Å². The lowest BCUT2D eigenvalue weighted by Gasteiger charge is -2.28. The Morgan fingerprint density at radius 2 is 1.73 bits per heavy atom. The van der Waals surface area contributed by atoms with E-state index in [1.54, 1.807) is 0 Å². The number of aliphatic hydroxyl groups is 1. The normalized spacial score (nSPS) is 14.1. The summed E-state index contributed by atoms with van der Waals surface area (Å²) in [6.07, 6.45) is -5.67. The van der Waals surface area contributed by atoms with Gasteiger partial charge in [0, 0.05) is 0 Å². The minimum atomic E-state index is -5.67. The van der Waals surface area contributed by atoms with Crippen LogP contribution in [0.4, 0.5) is 22.0 Å². The largest absolute Gasteiger partial charge is 0.462 e. The molecule has 0 fully saturated rings. The van der Waals surface area contributed by atoms with Crippen LogP contribution in [0, 0.1) is 11.6 Å². The summed E-state index contributed by atoms with van der Waals surface area (Å²) >= 11 is 0. The molecule has 5 nitrogen and oxygen atoms in total. The molecule has 0 saturated heterocycles. The number of ether oxygens (including phenoxy) is 1. The van der Waals surface area contributed by atoms with Crippen molar-refractivity contribution in [2.45, 2.75) is 18.8 Å². The van der Waals surface area contributed by atoms with Crippen LogP contribution in [-0.4, -0.2) is 35.5 Å². The molecule has 22 heavy (non-hydrogen) atoms. The molecular weight excluding hydrogens is 317 g/mol. The Labute approximate surface area is 120 Å². The van der Waals surface area contributed by atoms with Crippen molar-refractivity contribution < 1.29 is 41.4 Å². The van der Waals surface area contributed by atoms with Crippen molar-refractivity contribution in [3.05, 3.63) is 35.4 Å². The first kappa shape index (κ1) is 17.8. The van der Waals surface area contributed by atoms with Gasteiger partial charge >= 0.3 is 17.9 Å². The van der Waals surface area contributed by atoms with Crippen molar-refractivity contribution in [2.24, 2.45) is 0 Å². The van der Waals surface area contributed by atoms with Gasteiger partial charge in [0.15, 0.2) is 0 Å². The zero-order valence-electron chi connectivity index (χ0n) is 11.0. The van der Waals surface area contributed by atoms with E-state index in [-0.39, 0.29) is 0 Å². The van der Waals surface area contributed by atoms with Gasteiger partial charge in [-0.3, -0.25) is 4.79 Å². The third kappa shape index (κ3) is 3.32. The second-order valence-electron chi connectivity index (χ2n) is 3.98. The van der Waals surface area contributed by atoms with Crippen LogP contribution in [0.3, 0.4) is 0 Å². The highest BCUT2D eigenvalue weighted by Gasteiger charge is 2.62. The van der Waals surface area contributed by atoms with Gasteiger partial charge in [0.2, 0.25) is 0 Å². The predicted octanol–water partition coefficient (Wildman–Crippen LogP) is 1.51. The molecule has 0 heterocycles.